The maximum absolute atomic E-state index is 13.2. The molecule has 4 fully saturated rings. The van der Waals surface area contributed by atoms with Gasteiger partial charge < -0.3 is 9.31 Å². The first kappa shape index (κ1) is 15.0. The molecule has 1 saturated heterocycles. The van der Waals surface area contributed by atoms with E-state index >= 15 is 0 Å². The number of halogens is 2. The van der Waals surface area contributed by atoms with Crippen molar-refractivity contribution < 1.29 is 13.7 Å². The molecule has 0 aromatic heterocycles. The van der Waals surface area contributed by atoms with E-state index < -0.39 is 0 Å². The van der Waals surface area contributed by atoms with Crippen LogP contribution in [0.2, 0.25) is 10.3 Å². The summed E-state index contributed by atoms with van der Waals surface area (Å²) >= 11 is 6.24. The maximum Gasteiger partial charge on any atom is 0.464 e. The van der Waals surface area contributed by atoms with Crippen LogP contribution in [0.1, 0.15) is 52.5 Å². The van der Waals surface area contributed by atoms with E-state index in [0.29, 0.717) is 5.02 Å². The Kier molecular flexibility index (Phi) is 2.78. The molecule has 1 aliphatic heterocycles. The van der Waals surface area contributed by atoms with E-state index in [1.165, 1.54) is 12.1 Å². The van der Waals surface area contributed by atoms with Crippen molar-refractivity contribution in [2.75, 3.05) is 0 Å². The zero-order valence-electron chi connectivity index (χ0n) is 13.5. The van der Waals surface area contributed by atoms with Gasteiger partial charge in [0, 0.05) is 10.3 Å². The van der Waals surface area contributed by atoms with E-state index in [1.54, 1.807) is 0 Å². The second-order valence-electron chi connectivity index (χ2n) is 8.39. The minimum atomic E-state index is -0.284. The molecule has 118 valence electrons. The van der Waals surface area contributed by atoms with Gasteiger partial charge in [-0.1, -0.05) is 17.7 Å². The quantitative estimate of drug-likeness (QED) is 0.732. The van der Waals surface area contributed by atoms with Crippen LogP contribution in [0.25, 0.3) is 0 Å². The molecule has 1 aromatic carbocycles. The smallest absolute Gasteiger partial charge is 0.403 e. The first-order valence-corrected chi connectivity index (χ1v) is 8.28. The summed E-state index contributed by atoms with van der Waals surface area (Å²) in [4.78, 5) is 0. The minimum absolute atomic E-state index is 0.106. The van der Waals surface area contributed by atoms with Gasteiger partial charge in [-0.2, -0.15) is 0 Å². The molecule has 3 aliphatic carbocycles. The number of rotatable bonds is 2. The van der Waals surface area contributed by atoms with Crippen molar-refractivity contribution in [1.29, 1.82) is 0 Å². The molecule has 4 aliphatic rings. The molecular formula is C17H21BClFO2. The second-order valence-corrected chi connectivity index (χ2v) is 8.79. The highest BCUT2D eigenvalue weighted by Crippen LogP contribution is 2.81. The first-order chi connectivity index (χ1) is 10.1. The monoisotopic (exact) mass is 322 g/mol. The van der Waals surface area contributed by atoms with Gasteiger partial charge in [-0.25, -0.2) is 4.39 Å². The summed E-state index contributed by atoms with van der Waals surface area (Å²) in [5.41, 5.74) is 0.615. The van der Waals surface area contributed by atoms with E-state index in [1.807, 2.05) is 6.07 Å². The lowest BCUT2D eigenvalue weighted by atomic mass is 9.23. The molecular weight excluding hydrogens is 301 g/mol. The van der Waals surface area contributed by atoms with E-state index in [-0.39, 0.29) is 34.9 Å². The third-order valence-electron chi connectivity index (χ3n) is 6.33. The van der Waals surface area contributed by atoms with Crippen LogP contribution in [-0.4, -0.2) is 18.3 Å². The standard InChI is InChI=1S/C17H21BClFO2/c1-14(2)15(3,4)22-18(21-14)17-8-16(9-17,10-17)12-6-5-11(20)7-13(12)19/h5-7H,8-10H2,1-4H3. The zero-order valence-corrected chi connectivity index (χ0v) is 14.3. The largest absolute Gasteiger partial charge is 0.464 e. The predicted octanol–water partition coefficient (Wildman–Crippen LogP) is 4.75. The minimum Gasteiger partial charge on any atom is -0.403 e. The highest BCUT2D eigenvalue weighted by Gasteiger charge is 2.77. The Morgan fingerprint density at radius 2 is 1.59 bits per heavy atom. The SMILES string of the molecule is CC1(C)OB(C23CC(c4ccc(F)cc4Cl)(C2)C3)OC1(C)C. The first-order valence-electron chi connectivity index (χ1n) is 7.91. The Bertz CT molecular complexity index is 622. The summed E-state index contributed by atoms with van der Waals surface area (Å²) in [6.07, 6.45) is 3.05. The average molecular weight is 323 g/mol. The van der Waals surface area contributed by atoms with Gasteiger partial charge in [0.1, 0.15) is 5.82 Å². The fraction of sp³-hybridized carbons (Fsp3) is 0.647. The van der Waals surface area contributed by atoms with Crippen molar-refractivity contribution in [3.05, 3.63) is 34.6 Å². The summed E-state index contributed by atoms with van der Waals surface area (Å²) in [7, 11) is -0.140. The fourth-order valence-corrected chi connectivity index (χ4v) is 4.78. The van der Waals surface area contributed by atoms with Crippen LogP contribution in [0.5, 0.6) is 0 Å². The van der Waals surface area contributed by atoms with Crippen LogP contribution in [-0.2, 0) is 14.7 Å². The molecule has 2 nitrogen and oxygen atoms in total. The van der Waals surface area contributed by atoms with Gasteiger partial charge in [-0.05, 0) is 70.1 Å². The van der Waals surface area contributed by atoms with Gasteiger partial charge in [-0.15, -0.1) is 0 Å². The molecule has 0 spiro atoms. The molecule has 0 unspecified atom stereocenters. The Hall–Kier alpha value is -0.575. The Morgan fingerprint density at radius 1 is 1.05 bits per heavy atom. The molecule has 0 radical (unpaired) electrons. The van der Waals surface area contributed by atoms with E-state index in [4.69, 9.17) is 20.9 Å². The zero-order chi connectivity index (χ0) is 16.0. The maximum atomic E-state index is 13.2. The second kappa shape index (κ2) is 4.09. The molecule has 5 heteroatoms. The summed E-state index contributed by atoms with van der Waals surface area (Å²) in [5, 5.41) is 0.658. The van der Waals surface area contributed by atoms with Gasteiger partial charge in [0.05, 0.1) is 11.2 Å². The molecule has 3 saturated carbocycles. The van der Waals surface area contributed by atoms with Crippen molar-refractivity contribution in [2.45, 2.75) is 68.9 Å². The number of benzene rings is 1. The van der Waals surface area contributed by atoms with E-state index in [0.717, 1.165) is 24.8 Å². The molecule has 0 atom stereocenters. The van der Waals surface area contributed by atoms with Crippen molar-refractivity contribution in [3.63, 3.8) is 0 Å². The molecule has 1 aromatic rings. The predicted molar refractivity (Wildman–Crippen MR) is 85.7 cm³/mol. The van der Waals surface area contributed by atoms with Crippen LogP contribution in [0.3, 0.4) is 0 Å². The molecule has 0 N–H and O–H groups in total. The lowest BCUT2D eigenvalue weighted by molar-refractivity contribution is -0.0383. The third kappa shape index (κ3) is 1.75. The topological polar surface area (TPSA) is 18.5 Å². The van der Waals surface area contributed by atoms with Gasteiger partial charge in [0.15, 0.2) is 0 Å². The van der Waals surface area contributed by atoms with Crippen LogP contribution in [0, 0.1) is 5.82 Å². The summed E-state index contributed by atoms with van der Waals surface area (Å²) < 4.78 is 25.7. The van der Waals surface area contributed by atoms with Gasteiger partial charge in [0.25, 0.3) is 0 Å². The third-order valence-corrected chi connectivity index (χ3v) is 6.64. The Labute approximate surface area is 136 Å². The van der Waals surface area contributed by atoms with Crippen LogP contribution < -0.4 is 0 Å². The normalized spacial score (nSPS) is 37.6. The van der Waals surface area contributed by atoms with E-state index in [2.05, 4.69) is 27.7 Å². The summed E-state index contributed by atoms with van der Waals surface area (Å²) in [6, 6.07) is 4.76. The Balaban J connectivity index is 1.53. The lowest BCUT2D eigenvalue weighted by Crippen LogP contribution is -2.66. The summed E-state index contributed by atoms with van der Waals surface area (Å²) in [5.74, 6) is -0.277. The van der Waals surface area contributed by atoms with E-state index in [9.17, 15) is 4.39 Å². The lowest BCUT2D eigenvalue weighted by Gasteiger charge is -2.71. The van der Waals surface area contributed by atoms with Gasteiger partial charge >= 0.3 is 7.12 Å². The highest BCUT2D eigenvalue weighted by atomic mass is 35.5. The molecule has 1 heterocycles. The summed E-state index contributed by atoms with van der Waals surface area (Å²) in [6.45, 7) is 8.35. The van der Waals surface area contributed by atoms with Crippen molar-refractivity contribution in [1.82, 2.24) is 0 Å². The number of hydrogen-bond acceptors (Lipinski definition) is 2. The Morgan fingerprint density at radius 3 is 2.09 bits per heavy atom. The highest BCUT2D eigenvalue weighted by molar-refractivity contribution is 6.51. The van der Waals surface area contributed by atoms with Crippen LogP contribution in [0.15, 0.2) is 18.2 Å². The molecule has 0 amide bonds. The van der Waals surface area contributed by atoms with Crippen molar-refractivity contribution in [3.8, 4) is 0 Å². The van der Waals surface area contributed by atoms with Gasteiger partial charge in [0.2, 0.25) is 0 Å². The van der Waals surface area contributed by atoms with Crippen molar-refractivity contribution in [2.24, 2.45) is 0 Å². The van der Waals surface area contributed by atoms with Crippen LogP contribution in [0.4, 0.5) is 4.39 Å². The number of hydrogen-bond donors (Lipinski definition) is 0. The van der Waals surface area contributed by atoms with Gasteiger partial charge in [-0.3, -0.25) is 0 Å². The molecule has 2 bridgehead atoms. The molecule has 5 rings (SSSR count). The van der Waals surface area contributed by atoms with Crippen molar-refractivity contribution >= 4 is 18.7 Å². The average Bonchev–Trinajstić information content (AvgIpc) is 2.47. The fourth-order valence-electron chi connectivity index (χ4n) is 4.41. The molecule has 22 heavy (non-hydrogen) atoms. The van der Waals surface area contributed by atoms with Crippen LogP contribution >= 0.6 is 11.6 Å².